The van der Waals surface area contributed by atoms with E-state index in [4.69, 9.17) is 22.1 Å². The van der Waals surface area contributed by atoms with Gasteiger partial charge in [0, 0.05) is 11.1 Å². The molecule has 0 saturated carbocycles. The lowest BCUT2D eigenvalue weighted by Crippen LogP contribution is -2.06. The predicted molar refractivity (Wildman–Crippen MR) is 73.6 cm³/mol. The zero-order valence-electron chi connectivity index (χ0n) is 10.9. The van der Waals surface area contributed by atoms with Crippen molar-refractivity contribution in [2.75, 3.05) is 6.61 Å². The van der Waals surface area contributed by atoms with E-state index in [2.05, 4.69) is 13.8 Å². The molecule has 0 aromatic heterocycles. The number of ether oxygens (including phenoxy) is 1. The van der Waals surface area contributed by atoms with Crippen molar-refractivity contribution in [3.63, 3.8) is 0 Å². The molecule has 0 aliphatic heterocycles. The van der Waals surface area contributed by atoms with Crippen LogP contribution in [0.3, 0.4) is 0 Å². The second-order valence-electron chi connectivity index (χ2n) is 4.86. The minimum Gasteiger partial charge on any atom is -0.494 e. The van der Waals surface area contributed by atoms with E-state index in [1.54, 1.807) is 0 Å². The van der Waals surface area contributed by atoms with Crippen LogP contribution in [0.15, 0.2) is 18.2 Å². The second kappa shape index (κ2) is 6.87. The lowest BCUT2D eigenvalue weighted by atomic mass is 10.1. The Labute approximate surface area is 109 Å². The van der Waals surface area contributed by atoms with Gasteiger partial charge in [0.2, 0.25) is 0 Å². The first-order chi connectivity index (χ1) is 8.00. The standard InChI is InChI=1S/C14H22ClNO/c1-10(2)5-4-8-17-12-6-7-13(11(3)16)14(15)9-12/h6-7,9-11H,4-5,8,16H2,1-3H3. The van der Waals surface area contributed by atoms with E-state index in [1.807, 2.05) is 25.1 Å². The summed E-state index contributed by atoms with van der Waals surface area (Å²) in [5, 5.41) is 0.682. The molecule has 0 saturated heterocycles. The van der Waals surface area contributed by atoms with Crippen molar-refractivity contribution in [2.45, 2.75) is 39.7 Å². The Morgan fingerprint density at radius 2 is 2.00 bits per heavy atom. The molecule has 0 aliphatic rings. The van der Waals surface area contributed by atoms with Crippen LogP contribution in [0.1, 0.15) is 45.2 Å². The van der Waals surface area contributed by atoms with Gasteiger partial charge in [-0.05, 0) is 43.4 Å². The molecule has 1 rings (SSSR count). The molecule has 0 fully saturated rings. The SMILES string of the molecule is CC(C)CCCOc1ccc(C(C)N)c(Cl)c1. The Kier molecular flexibility index (Phi) is 5.79. The van der Waals surface area contributed by atoms with Crippen molar-refractivity contribution in [3.05, 3.63) is 28.8 Å². The van der Waals surface area contributed by atoms with E-state index in [1.165, 1.54) is 6.42 Å². The molecule has 0 spiro atoms. The molecule has 2 N–H and O–H groups in total. The first kappa shape index (κ1) is 14.3. The van der Waals surface area contributed by atoms with Gasteiger partial charge >= 0.3 is 0 Å². The summed E-state index contributed by atoms with van der Waals surface area (Å²) >= 11 is 6.13. The number of rotatable bonds is 6. The summed E-state index contributed by atoms with van der Waals surface area (Å²) < 4.78 is 5.65. The third-order valence-corrected chi connectivity index (χ3v) is 2.98. The third kappa shape index (κ3) is 4.97. The van der Waals surface area contributed by atoms with Crippen LogP contribution in [0.25, 0.3) is 0 Å². The molecule has 0 heterocycles. The van der Waals surface area contributed by atoms with Gasteiger partial charge in [-0.25, -0.2) is 0 Å². The summed E-state index contributed by atoms with van der Waals surface area (Å²) in [5.74, 6) is 1.55. The quantitative estimate of drug-likeness (QED) is 0.774. The van der Waals surface area contributed by atoms with Crippen LogP contribution in [0, 0.1) is 5.92 Å². The van der Waals surface area contributed by atoms with Crippen LogP contribution in [-0.4, -0.2) is 6.61 Å². The van der Waals surface area contributed by atoms with Crippen LogP contribution >= 0.6 is 11.6 Å². The maximum absolute atomic E-state index is 6.13. The summed E-state index contributed by atoms with van der Waals surface area (Å²) in [6.07, 6.45) is 2.26. The molecule has 1 atom stereocenters. The van der Waals surface area contributed by atoms with E-state index in [9.17, 15) is 0 Å². The highest BCUT2D eigenvalue weighted by atomic mass is 35.5. The predicted octanol–water partition coefficient (Wildman–Crippen LogP) is 4.17. The Hall–Kier alpha value is -0.730. The molecule has 1 unspecified atom stereocenters. The molecule has 0 bridgehead atoms. The fourth-order valence-corrected chi connectivity index (χ4v) is 1.99. The molecule has 0 amide bonds. The number of nitrogens with two attached hydrogens (primary N) is 1. The highest BCUT2D eigenvalue weighted by molar-refractivity contribution is 6.31. The zero-order valence-corrected chi connectivity index (χ0v) is 11.6. The summed E-state index contributed by atoms with van der Waals surface area (Å²) in [6.45, 7) is 7.10. The maximum atomic E-state index is 6.13. The van der Waals surface area contributed by atoms with Gasteiger partial charge in [-0.1, -0.05) is 31.5 Å². The van der Waals surface area contributed by atoms with Gasteiger partial charge in [-0.2, -0.15) is 0 Å². The van der Waals surface area contributed by atoms with Crippen molar-refractivity contribution < 1.29 is 4.74 Å². The average molecular weight is 256 g/mol. The molecule has 0 radical (unpaired) electrons. The first-order valence-corrected chi connectivity index (χ1v) is 6.56. The fraction of sp³-hybridized carbons (Fsp3) is 0.571. The topological polar surface area (TPSA) is 35.2 Å². The Morgan fingerprint density at radius 1 is 1.29 bits per heavy atom. The number of hydrogen-bond donors (Lipinski definition) is 1. The third-order valence-electron chi connectivity index (χ3n) is 2.66. The largest absolute Gasteiger partial charge is 0.494 e. The second-order valence-corrected chi connectivity index (χ2v) is 5.26. The summed E-state index contributed by atoms with van der Waals surface area (Å²) in [5.41, 5.74) is 6.75. The molecule has 2 nitrogen and oxygen atoms in total. The number of halogens is 1. The first-order valence-electron chi connectivity index (χ1n) is 6.18. The Morgan fingerprint density at radius 3 is 2.53 bits per heavy atom. The molecule has 1 aromatic rings. The monoisotopic (exact) mass is 255 g/mol. The summed E-state index contributed by atoms with van der Waals surface area (Å²) in [4.78, 5) is 0. The lowest BCUT2D eigenvalue weighted by molar-refractivity contribution is 0.297. The van der Waals surface area contributed by atoms with Crippen molar-refractivity contribution >= 4 is 11.6 Å². The van der Waals surface area contributed by atoms with Gasteiger partial charge in [0.25, 0.3) is 0 Å². The van der Waals surface area contributed by atoms with Crippen molar-refractivity contribution in [2.24, 2.45) is 11.7 Å². The maximum Gasteiger partial charge on any atom is 0.120 e. The molecule has 1 aromatic carbocycles. The minimum absolute atomic E-state index is 0.0440. The highest BCUT2D eigenvalue weighted by Crippen LogP contribution is 2.26. The van der Waals surface area contributed by atoms with E-state index in [-0.39, 0.29) is 6.04 Å². The number of hydrogen-bond acceptors (Lipinski definition) is 2. The van der Waals surface area contributed by atoms with Gasteiger partial charge in [-0.15, -0.1) is 0 Å². The smallest absolute Gasteiger partial charge is 0.120 e. The van der Waals surface area contributed by atoms with Gasteiger partial charge in [0.05, 0.1) is 6.61 Å². The van der Waals surface area contributed by atoms with Gasteiger partial charge in [-0.3, -0.25) is 0 Å². The van der Waals surface area contributed by atoms with Gasteiger partial charge < -0.3 is 10.5 Å². The van der Waals surface area contributed by atoms with Crippen molar-refractivity contribution in [1.82, 2.24) is 0 Å². The fourth-order valence-electron chi connectivity index (χ4n) is 1.65. The van der Waals surface area contributed by atoms with Crippen LogP contribution < -0.4 is 10.5 Å². The minimum atomic E-state index is -0.0440. The highest BCUT2D eigenvalue weighted by Gasteiger charge is 2.06. The Balaban J connectivity index is 2.47. The summed E-state index contributed by atoms with van der Waals surface area (Å²) in [6, 6.07) is 5.66. The Bertz CT molecular complexity index is 350. The van der Waals surface area contributed by atoms with E-state index >= 15 is 0 Å². The van der Waals surface area contributed by atoms with Crippen LogP contribution in [0.5, 0.6) is 5.75 Å². The van der Waals surface area contributed by atoms with Crippen molar-refractivity contribution in [3.8, 4) is 5.75 Å². The molecule has 17 heavy (non-hydrogen) atoms. The normalized spacial score (nSPS) is 12.8. The molecular formula is C14H22ClNO. The van der Waals surface area contributed by atoms with Crippen molar-refractivity contribution in [1.29, 1.82) is 0 Å². The van der Waals surface area contributed by atoms with Gasteiger partial charge in [0.1, 0.15) is 5.75 Å². The molecule has 3 heteroatoms. The van der Waals surface area contributed by atoms with Crippen LogP contribution in [0.2, 0.25) is 5.02 Å². The van der Waals surface area contributed by atoms with Crippen LogP contribution in [-0.2, 0) is 0 Å². The summed E-state index contributed by atoms with van der Waals surface area (Å²) in [7, 11) is 0. The van der Waals surface area contributed by atoms with Gasteiger partial charge in [0.15, 0.2) is 0 Å². The van der Waals surface area contributed by atoms with Crippen LogP contribution in [0.4, 0.5) is 0 Å². The molecular weight excluding hydrogens is 234 g/mol. The number of benzene rings is 1. The molecule has 0 aliphatic carbocycles. The average Bonchev–Trinajstić information content (AvgIpc) is 2.23. The molecule has 96 valence electrons. The van der Waals surface area contributed by atoms with E-state index < -0.39 is 0 Å². The lowest BCUT2D eigenvalue weighted by Gasteiger charge is -2.11. The van der Waals surface area contributed by atoms with E-state index in [0.29, 0.717) is 5.02 Å². The van der Waals surface area contributed by atoms with E-state index in [0.717, 1.165) is 30.3 Å². The zero-order chi connectivity index (χ0) is 12.8.